The lowest BCUT2D eigenvalue weighted by atomic mass is 9.42. The summed E-state index contributed by atoms with van der Waals surface area (Å²) in [7, 11) is 1.35. The van der Waals surface area contributed by atoms with E-state index in [0.29, 0.717) is 18.3 Å². The summed E-state index contributed by atoms with van der Waals surface area (Å²) in [6, 6.07) is 0. The van der Waals surface area contributed by atoms with E-state index in [1.54, 1.807) is 0 Å². The number of nitro groups is 1. The molecule has 20 heavy (non-hydrogen) atoms. The standard InChI is InChI=1S/C15H23NO4/c1-14-8-10-5-11(9-14)7-12(6-10)15(14,16(18)19)4-3-13(17)20-2/h10-12H,3-9H2,1-2H3. The normalized spacial score (nSPS) is 45.4. The highest BCUT2D eigenvalue weighted by Gasteiger charge is 2.70. The first-order valence-electron chi connectivity index (χ1n) is 7.62. The SMILES string of the molecule is COC(=O)CCC1([N+](=O)[O-])C2CC3CC(C2)CC1(C)C3. The van der Waals surface area contributed by atoms with Crippen LogP contribution in [0.4, 0.5) is 0 Å². The summed E-state index contributed by atoms with van der Waals surface area (Å²) in [5, 5.41) is 12.0. The minimum atomic E-state index is -0.908. The summed E-state index contributed by atoms with van der Waals surface area (Å²) in [6.45, 7) is 2.09. The van der Waals surface area contributed by atoms with Crippen molar-refractivity contribution < 1.29 is 14.5 Å². The highest BCUT2D eigenvalue weighted by atomic mass is 16.6. The van der Waals surface area contributed by atoms with E-state index in [1.165, 1.54) is 13.5 Å². The zero-order valence-corrected chi connectivity index (χ0v) is 12.3. The maximum absolute atomic E-state index is 12.0. The molecule has 5 nitrogen and oxygen atoms in total. The molecular formula is C15H23NO4. The maximum atomic E-state index is 12.0. The summed E-state index contributed by atoms with van der Waals surface area (Å²) >= 11 is 0. The van der Waals surface area contributed by atoms with Crippen LogP contribution in [0.1, 0.15) is 51.9 Å². The second-order valence-corrected chi connectivity index (χ2v) is 7.36. The number of ether oxygens (including phenoxy) is 1. The lowest BCUT2D eigenvalue weighted by molar-refractivity contribution is -0.617. The quantitative estimate of drug-likeness (QED) is 0.451. The molecule has 0 amide bonds. The molecule has 4 saturated carbocycles. The molecule has 3 atom stereocenters. The molecule has 4 fully saturated rings. The van der Waals surface area contributed by atoms with Gasteiger partial charge in [0.1, 0.15) is 0 Å². The van der Waals surface area contributed by atoms with Gasteiger partial charge >= 0.3 is 5.97 Å². The third-order valence-electron chi connectivity index (χ3n) is 6.37. The van der Waals surface area contributed by atoms with E-state index in [2.05, 4.69) is 11.7 Å². The molecule has 4 aliphatic carbocycles. The smallest absolute Gasteiger partial charge is 0.305 e. The summed E-state index contributed by atoms with van der Waals surface area (Å²) in [5.41, 5.74) is -1.14. The van der Waals surface area contributed by atoms with Gasteiger partial charge in [-0.25, -0.2) is 0 Å². The molecule has 112 valence electrons. The molecule has 4 bridgehead atoms. The highest BCUT2D eigenvalue weighted by molar-refractivity contribution is 5.69. The minimum absolute atomic E-state index is 0.0433. The Kier molecular flexibility index (Phi) is 3.07. The Hall–Kier alpha value is -1.13. The van der Waals surface area contributed by atoms with Gasteiger partial charge in [-0.15, -0.1) is 0 Å². The number of rotatable bonds is 4. The monoisotopic (exact) mass is 281 g/mol. The molecule has 4 aliphatic rings. The first-order valence-corrected chi connectivity index (χ1v) is 7.62. The van der Waals surface area contributed by atoms with Gasteiger partial charge in [-0.2, -0.15) is 0 Å². The van der Waals surface area contributed by atoms with E-state index in [-0.39, 0.29) is 28.6 Å². The Morgan fingerprint density at radius 2 is 1.90 bits per heavy atom. The van der Waals surface area contributed by atoms with Gasteiger partial charge in [0.2, 0.25) is 5.54 Å². The number of hydrogen-bond donors (Lipinski definition) is 0. The molecule has 0 aromatic carbocycles. The third-order valence-corrected chi connectivity index (χ3v) is 6.37. The number of hydrogen-bond acceptors (Lipinski definition) is 4. The van der Waals surface area contributed by atoms with Crippen molar-refractivity contribution in [1.29, 1.82) is 0 Å². The molecule has 0 radical (unpaired) electrons. The van der Waals surface area contributed by atoms with E-state index < -0.39 is 5.54 Å². The van der Waals surface area contributed by atoms with Gasteiger partial charge in [0, 0.05) is 22.7 Å². The third kappa shape index (κ3) is 1.71. The van der Waals surface area contributed by atoms with Gasteiger partial charge in [-0.3, -0.25) is 14.9 Å². The van der Waals surface area contributed by atoms with Crippen LogP contribution in [-0.2, 0) is 9.53 Å². The molecule has 4 rings (SSSR count). The van der Waals surface area contributed by atoms with Crippen LogP contribution in [0.3, 0.4) is 0 Å². The van der Waals surface area contributed by atoms with Crippen LogP contribution in [0.15, 0.2) is 0 Å². The Morgan fingerprint density at radius 1 is 1.30 bits per heavy atom. The van der Waals surface area contributed by atoms with Crippen LogP contribution in [-0.4, -0.2) is 23.5 Å². The number of nitrogens with zero attached hydrogens (tertiary/aromatic N) is 1. The van der Waals surface area contributed by atoms with Crippen LogP contribution in [0.2, 0.25) is 0 Å². The first-order chi connectivity index (χ1) is 9.41. The molecule has 0 spiro atoms. The second-order valence-electron chi connectivity index (χ2n) is 7.36. The summed E-state index contributed by atoms with van der Waals surface area (Å²) < 4.78 is 4.69. The molecule has 0 aromatic heterocycles. The zero-order valence-electron chi connectivity index (χ0n) is 12.3. The Labute approximate surface area is 119 Å². The predicted octanol–water partition coefficient (Wildman–Crippen LogP) is 2.80. The van der Waals surface area contributed by atoms with E-state index >= 15 is 0 Å². The van der Waals surface area contributed by atoms with E-state index in [4.69, 9.17) is 0 Å². The van der Waals surface area contributed by atoms with Crippen molar-refractivity contribution in [3.05, 3.63) is 10.1 Å². The largest absolute Gasteiger partial charge is 0.469 e. The molecular weight excluding hydrogens is 258 g/mol. The summed E-state index contributed by atoms with van der Waals surface area (Å²) in [6.07, 6.45) is 5.65. The molecule has 3 unspecified atom stereocenters. The minimum Gasteiger partial charge on any atom is -0.469 e. The van der Waals surface area contributed by atoms with Crippen molar-refractivity contribution in [3.8, 4) is 0 Å². The molecule has 0 N–H and O–H groups in total. The van der Waals surface area contributed by atoms with Gasteiger partial charge in [-0.05, 0) is 43.9 Å². The van der Waals surface area contributed by atoms with Crippen LogP contribution in [0, 0.1) is 33.3 Å². The molecule has 0 saturated heterocycles. The van der Waals surface area contributed by atoms with E-state index in [9.17, 15) is 14.9 Å². The van der Waals surface area contributed by atoms with Crippen LogP contribution >= 0.6 is 0 Å². The lowest BCUT2D eigenvalue weighted by Crippen LogP contribution is -2.67. The molecule has 0 heterocycles. The van der Waals surface area contributed by atoms with Gasteiger partial charge in [0.25, 0.3) is 0 Å². The Morgan fingerprint density at radius 3 is 2.35 bits per heavy atom. The highest BCUT2D eigenvalue weighted by Crippen LogP contribution is 2.66. The van der Waals surface area contributed by atoms with Gasteiger partial charge in [0.15, 0.2) is 0 Å². The van der Waals surface area contributed by atoms with Gasteiger partial charge < -0.3 is 4.74 Å². The van der Waals surface area contributed by atoms with Crippen molar-refractivity contribution >= 4 is 5.97 Å². The van der Waals surface area contributed by atoms with Crippen LogP contribution in [0.5, 0.6) is 0 Å². The first kappa shape index (κ1) is 13.8. The number of carbonyl (C=O) groups excluding carboxylic acids is 1. The maximum Gasteiger partial charge on any atom is 0.305 e. The fourth-order valence-corrected chi connectivity index (χ4v) is 5.85. The average molecular weight is 281 g/mol. The topological polar surface area (TPSA) is 69.4 Å². The summed E-state index contributed by atoms with van der Waals surface area (Å²) in [4.78, 5) is 23.4. The fraction of sp³-hybridized carbons (Fsp3) is 0.933. The average Bonchev–Trinajstić information content (AvgIpc) is 2.35. The number of esters is 1. The fourth-order valence-electron chi connectivity index (χ4n) is 5.85. The lowest BCUT2D eigenvalue weighted by Gasteiger charge is -2.61. The van der Waals surface area contributed by atoms with Crippen molar-refractivity contribution in [2.45, 2.75) is 57.4 Å². The van der Waals surface area contributed by atoms with Crippen molar-refractivity contribution in [2.24, 2.45) is 23.2 Å². The molecule has 0 aliphatic heterocycles. The van der Waals surface area contributed by atoms with Crippen LogP contribution in [0.25, 0.3) is 0 Å². The molecule has 0 aromatic rings. The van der Waals surface area contributed by atoms with Crippen LogP contribution < -0.4 is 0 Å². The van der Waals surface area contributed by atoms with Gasteiger partial charge in [-0.1, -0.05) is 6.92 Å². The second kappa shape index (κ2) is 4.43. The summed E-state index contributed by atoms with van der Waals surface area (Å²) in [5.74, 6) is 1.16. The molecule has 5 heteroatoms. The van der Waals surface area contributed by atoms with Crippen molar-refractivity contribution in [3.63, 3.8) is 0 Å². The van der Waals surface area contributed by atoms with Gasteiger partial charge in [0.05, 0.1) is 13.5 Å². The van der Waals surface area contributed by atoms with Crippen molar-refractivity contribution in [2.75, 3.05) is 7.11 Å². The number of methoxy groups -OCH3 is 1. The van der Waals surface area contributed by atoms with E-state index in [1.807, 2.05) is 0 Å². The Bertz CT molecular complexity index is 435. The predicted molar refractivity (Wildman–Crippen MR) is 72.6 cm³/mol. The zero-order chi connectivity index (χ0) is 14.5. The number of carbonyl (C=O) groups is 1. The van der Waals surface area contributed by atoms with E-state index in [0.717, 1.165) is 25.7 Å². The van der Waals surface area contributed by atoms with Crippen molar-refractivity contribution in [1.82, 2.24) is 0 Å². The Balaban J connectivity index is 1.93.